The van der Waals surface area contributed by atoms with Crippen LogP contribution in [-0.4, -0.2) is 12.1 Å². The molecule has 0 saturated carbocycles. The topological polar surface area (TPSA) is 25.0 Å². The highest BCUT2D eigenvalue weighted by molar-refractivity contribution is 7.13. The van der Waals surface area contributed by atoms with Crippen LogP contribution in [0, 0.1) is 0 Å². The van der Waals surface area contributed by atoms with Crippen molar-refractivity contribution in [3.05, 3.63) is 77.3 Å². The Morgan fingerprint density at radius 1 is 0.833 bits per heavy atom. The van der Waals surface area contributed by atoms with Gasteiger partial charge in [-0.1, -0.05) is 24.3 Å². The lowest BCUT2D eigenvalue weighted by molar-refractivity contribution is 0.415. The van der Waals surface area contributed by atoms with Crippen molar-refractivity contribution < 1.29 is 4.74 Å². The Kier molecular flexibility index (Phi) is 4.17. The number of nitrogens with one attached hydrogen (secondary N) is 1. The molecule has 2 nitrogen and oxygen atoms in total. The van der Waals surface area contributed by atoms with Gasteiger partial charge in [0.25, 0.3) is 0 Å². The van der Waals surface area contributed by atoms with Gasteiger partial charge in [0, 0.05) is 27.5 Å². The minimum Gasteiger partial charge on any atom is -0.497 e. The zero-order chi connectivity index (χ0) is 20.1. The van der Waals surface area contributed by atoms with Crippen molar-refractivity contribution in [1.82, 2.24) is 4.98 Å². The molecule has 2 aromatic heterocycles. The van der Waals surface area contributed by atoms with Gasteiger partial charge < -0.3 is 9.72 Å². The lowest BCUT2D eigenvalue weighted by Gasteiger charge is -2.26. The molecule has 0 atom stereocenters. The van der Waals surface area contributed by atoms with E-state index in [2.05, 4.69) is 71.2 Å². The second-order valence-electron chi connectivity index (χ2n) is 8.05. The van der Waals surface area contributed by atoms with Gasteiger partial charge in [-0.2, -0.15) is 0 Å². The molecule has 0 bridgehead atoms. The number of ether oxygens (including phenoxy) is 1. The van der Waals surface area contributed by atoms with E-state index in [4.69, 9.17) is 4.74 Å². The summed E-state index contributed by atoms with van der Waals surface area (Å²) in [6, 6.07) is 19.9. The lowest BCUT2D eigenvalue weighted by Crippen LogP contribution is -2.08. The third-order valence-electron chi connectivity index (χ3n) is 6.47. The van der Waals surface area contributed by atoms with Crippen molar-refractivity contribution in [2.45, 2.75) is 25.7 Å². The van der Waals surface area contributed by atoms with E-state index in [1.807, 2.05) is 11.3 Å². The van der Waals surface area contributed by atoms with Crippen molar-refractivity contribution in [2.24, 2.45) is 0 Å². The second kappa shape index (κ2) is 7.03. The van der Waals surface area contributed by atoms with E-state index in [0.29, 0.717) is 0 Å². The number of thiophene rings is 1. The predicted molar refractivity (Wildman–Crippen MR) is 128 cm³/mol. The summed E-state index contributed by atoms with van der Waals surface area (Å²) in [6.45, 7) is 0. The molecule has 6 rings (SSSR count). The maximum atomic E-state index is 5.43. The fraction of sp³-hybridized carbons (Fsp3) is 0.185. The maximum Gasteiger partial charge on any atom is 0.118 e. The zero-order valence-corrected chi connectivity index (χ0v) is 17.8. The number of hydrogen-bond donors (Lipinski definition) is 1. The highest BCUT2D eigenvalue weighted by Crippen LogP contribution is 2.47. The Hall–Kier alpha value is -3.04. The monoisotopic (exact) mass is 409 g/mol. The summed E-state index contributed by atoms with van der Waals surface area (Å²) in [5.74, 6) is 0.902. The smallest absolute Gasteiger partial charge is 0.118 e. The Bertz CT molecular complexity index is 1360. The molecule has 30 heavy (non-hydrogen) atoms. The molecule has 3 aromatic carbocycles. The highest BCUT2D eigenvalue weighted by atomic mass is 32.1. The molecule has 0 radical (unpaired) electrons. The molecular formula is C27H23NOS. The van der Waals surface area contributed by atoms with Crippen LogP contribution in [0.3, 0.4) is 0 Å². The first-order valence-corrected chi connectivity index (χ1v) is 11.5. The summed E-state index contributed by atoms with van der Waals surface area (Å²) >= 11 is 1.85. The van der Waals surface area contributed by atoms with Crippen molar-refractivity contribution in [3.8, 4) is 27.3 Å². The van der Waals surface area contributed by atoms with E-state index in [0.717, 1.165) is 18.6 Å². The number of hydrogen-bond acceptors (Lipinski definition) is 2. The third-order valence-corrected chi connectivity index (χ3v) is 7.36. The summed E-state index contributed by atoms with van der Waals surface area (Å²) in [5, 5.41) is 6.26. The Morgan fingerprint density at radius 3 is 2.37 bits per heavy atom. The van der Waals surface area contributed by atoms with Gasteiger partial charge in [-0.05, 0) is 94.4 Å². The molecular weight excluding hydrogens is 386 g/mol. The quantitative estimate of drug-likeness (QED) is 0.326. The molecule has 0 amide bonds. The maximum absolute atomic E-state index is 5.43. The van der Waals surface area contributed by atoms with E-state index in [1.165, 1.54) is 61.6 Å². The third kappa shape index (κ3) is 2.62. The molecule has 1 aliphatic rings. The Labute approximate surface area is 180 Å². The molecule has 0 aliphatic heterocycles. The van der Waals surface area contributed by atoms with Crippen molar-refractivity contribution in [2.75, 3.05) is 7.11 Å². The van der Waals surface area contributed by atoms with Crippen molar-refractivity contribution in [1.29, 1.82) is 0 Å². The van der Waals surface area contributed by atoms with E-state index in [1.54, 1.807) is 12.7 Å². The van der Waals surface area contributed by atoms with Gasteiger partial charge in [0.05, 0.1) is 7.11 Å². The van der Waals surface area contributed by atoms with Gasteiger partial charge in [0.2, 0.25) is 0 Å². The van der Waals surface area contributed by atoms with Gasteiger partial charge in [0.15, 0.2) is 0 Å². The fourth-order valence-electron chi connectivity index (χ4n) is 5.16. The SMILES string of the molecule is COc1ccc(-c2c3c(c(-c4cccs4)c4ccc5[nH]ccc5c24)CCCC3)cc1. The van der Waals surface area contributed by atoms with Gasteiger partial charge in [0.1, 0.15) is 5.75 Å². The predicted octanol–water partition coefficient (Wildman–Crippen LogP) is 7.60. The number of rotatable bonds is 3. The number of H-pyrrole nitrogens is 1. The highest BCUT2D eigenvalue weighted by Gasteiger charge is 2.25. The van der Waals surface area contributed by atoms with Crippen LogP contribution in [0.25, 0.3) is 43.2 Å². The zero-order valence-electron chi connectivity index (χ0n) is 17.0. The largest absolute Gasteiger partial charge is 0.497 e. The van der Waals surface area contributed by atoms with Crippen LogP contribution in [0.2, 0.25) is 0 Å². The van der Waals surface area contributed by atoms with E-state index in [-0.39, 0.29) is 0 Å². The van der Waals surface area contributed by atoms with Crippen LogP contribution in [-0.2, 0) is 12.8 Å². The molecule has 2 heterocycles. The molecule has 0 fully saturated rings. The first-order valence-electron chi connectivity index (χ1n) is 10.6. The van der Waals surface area contributed by atoms with Crippen LogP contribution < -0.4 is 4.74 Å². The van der Waals surface area contributed by atoms with Crippen LogP contribution >= 0.6 is 11.3 Å². The minimum atomic E-state index is 0.902. The van der Waals surface area contributed by atoms with E-state index >= 15 is 0 Å². The van der Waals surface area contributed by atoms with Crippen molar-refractivity contribution in [3.63, 3.8) is 0 Å². The standard InChI is InChI=1S/C27H23NOS/c1-29-18-10-8-17(9-11-18)25-19-5-2-3-6-20(19)26(24-7-4-16-30-24)22-12-13-23-21(27(22)25)14-15-28-23/h4,7-16,28H,2-3,5-6H2,1H3. The van der Waals surface area contributed by atoms with Gasteiger partial charge in [-0.3, -0.25) is 0 Å². The molecule has 148 valence electrons. The lowest BCUT2D eigenvalue weighted by atomic mass is 9.78. The first-order chi connectivity index (χ1) is 14.8. The summed E-state index contributed by atoms with van der Waals surface area (Å²) in [7, 11) is 1.73. The van der Waals surface area contributed by atoms with Gasteiger partial charge >= 0.3 is 0 Å². The molecule has 1 N–H and O–H groups in total. The number of aromatic nitrogens is 1. The van der Waals surface area contributed by atoms with Gasteiger partial charge in [-0.25, -0.2) is 0 Å². The van der Waals surface area contributed by atoms with Crippen LogP contribution in [0.1, 0.15) is 24.0 Å². The molecule has 0 spiro atoms. The molecule has 5 aromatic rings. The Balaban J connectivity index is 1.80. The van der Waals surface area contributed by atoms with E-state index < -0.39 is 0 Å². The molecule has 1 aliphatic carbocycles. The molecule has 0 unspecified atom stereocenters. The number of fused-ring (bicyclic) bond motifs is 4. The normalized spacial score (nSPS) is 13.6. The first kappa shape index (κ1) is 17.8. The average molecular weight is 410 g/mol. The summed E-state index contributed by atoms with van der Waals surface area (Å²) in [5.41, 5.74) is 8.44. The van der Waals surface area contributed by atoms with Crippen LogP contribution in [0.4, 0.5) is 0 Å². The van der Waals surface area contributed by atoms with Gasteiger partial charge in [-0.15, -0.1) is 11.3 Å². The summed E-state index contributed by atoms with van der Waals surface area (Å²) in [6.07, 6.45) is 6.89. The minimum absolute atomic E-state index is 0.902. The second-order valence-corrected chi connectivity index (χ2v) is 8.99. The molecule has 3 heteroatoms. The van der Waals surface area contributed by atoms with Crippen molar-refractivity contribution >= 4 is 33.0 Å². The average Bonchev–Trinajstić information content (AvgIpc) is 3.49. The Morgan fingerprint density at radius 2 is 1.63 bits per heavy atom. The van der Waals surface area contributed by atoms with Crippen LogP contribution in [0.15, 0.2) is 66.2 Å². The number of aromatic amines is 1. The van der Waals surface area contributed by atoms with E-state index in [9.17, 15) is 0 Å². The molecule has 0 saturated heterocycles. The number of methoxy groups -OCH3 is 1. The number of benzene rings is 3. The fourth-order valence-corrected chi connectivity index (χ4v) is 5.97. The summed E-state index contributed by atoms with van der Waals surface area (Å²) < 4.78 is 5.43. The summed E-state index contributed by atoms with van der Waals surface area (Å²) in [4.78, 5) is 4.81. The van der Waals surface area contributed by atoms with Crippen LogP contribution in [0.5, 0.6) is 5.75 Å².